The Bertz CT molecular complexity index is 1040. The molecule has 0 aliphatic carbocycles. The van der Waals surface area contributed by atoms with Crippen LogP contribution in [0.15, 0.2) is 60.9 Å². The molecule has 4 aromatic rings. The molecule has 0 amide bonds. The number of aromatic nitrogens is 4. The minimum absolute atomic E-state index is 0.108. The van der Waals surface area contributed by atoms with Gasteiger partial charge in [-0.25, -0.2) is 9.97 Å². The lowest BCUT2D eigenvalue weighted by Crippen LogP contribution is -2.10. The van der Waals surface area contributed by atoms with Gasteiger partial charge in [0.1, 0.15) is 17.5 Å². The quantitative estimate of drug-likeness (QED) is 0.368. The van der Waals surface area contributed by atoms with Crippen LogP contribution in [-0.4, -0.2) is 26.7 Å². The number of H-pyrrole nitrogens is 1. The summed E-state index contributed by atoms with van der Waals surface area (Å²) < 4.78 is 0. The molecule has 2 heterocycles. The van der Waals surface area contributed by atoms with Crippen molar-refractivity contribution >= 4 is 28.4 Å². The molecule has 142 valence electrons. The number of nitrogens with two attached hydrogens (primary N) is 1. The number of hydrogen-bond donors (Lipinski definition) is 4. The highest BCUT2D eigenvalue weighted by Gasteiger charge is 2.15. The van der Waals surface area contributed by atoms with Gasteiger partial charge in [-0.3, -0.25) is 5.10 Å². The molecular weight excluding hydrogens is 350 g/mol. The third-order valence-electron chi connectivity index (χ3n) is 4.70. The minimum Gasteiger partial charge on any atom is -0.399 e. The molecule has 0 saturated carbocycles. The predicted molar refractivity (Wildman–Crippen MR) is 113 cm³/mol. The molecule has 4 rings (SSSR count). The number of anilines is 3. The summed E-state index contributed by atoms with van der Waals surface area (Å²) >= 11 is 0. The molecule has 0 spiro atoms. The van der Waals surface area contributed by atoms with Crippen molar-refractivity contribution < 1.29 is 0 Å². The van der Waals surface area contributed by atoms with Crippen LogP contribution in [0.1, 0.15) is 24.1 Å². The van der Waals surface area contributed by atoms with E-state index in [1.807, 2.05) is 42.5 Å². The number of nitrogens with one attached hydrogen (secondary N) is 3. The van der Waals surface area contributed by atoms with Crippen LogP contribution in [-0.2, 0) is 6.42 Å². The fourth-order valence-electron chi connectivity index (χ4n) is 3.14. The van der Waals surface area contributed by atoms with Crippen molar-refractivity contribution in [2.24, 2.45) is 0 Å². The summed E-state index contributed by atoms with van der Waals surface area (Å²) in [6, 6.07) is 18.3. The number of nitrogens with zero attached hydrogens (tertiary/aromatic N) is 3. The van der Waals surface area contributed by atoms with Gasteiger partial charge in [-0.1, -0.05) is 42.5 Å². The maximum atomic E-state index is 5.74. The van der Waals surface area contributed by atoms with E-state index in [0.29, 0.717) is 5.65 Å². The van der Waals surface area contributed by atoms with Crippen LogP contribution in [0.4, 0.5) is 17.3 Å². The summed E-state index contributed by atoms with van der Waals surface area (Å²) in [6.07, 6.45) is 2.41. The molecule has 0 fully saturated rings. The van der Waals surface area contributed by atoms with Crippen LogP contribution in [0.3, 0.4) is 0 Å². The van der Waals surface area contributed by atoms with E-state index in [0.717, 1.165) is 35.7 Å². The summed E-state index contributed by atoms with van der Waals surface area (Å²) in [6.45, 7) is 2.85. The Labute approximate surface area is 163 Å². The van der Waals surface area contributed by atoms with Gasteiger partial charge < -0.3 is 16.4 Å². The highest BCUT2D eigenvalue weighted by molar-refractivity contribution is 5.96. The standard InChI is InChI=1S/C21H23N7/c1-14(16-5-3-2-4-6-16)26-19-18-20(27-28-21(18)25-13-24-19)23-12-11-15-7-9-17(22)10-8-15/h2-10,13-14H,11-12,22H2,1H3,(H3,23,24,25,26,27,28)/t14-/m0/s1. The van der Waals surface area contributed by atoms with Crippen LogP contribution in [0.2, 0.25) is 0 Å². The first-order valence-electron chi connectivity index (χ1n) is 9.29. The van der Waals surface area contributed by atoms with Gasteiger partial charge in [0.15, 0.2) is 11.5 Å². The van der Waals surface area contributed by atoms with E-state index in [9.17, 15) is 0 Å². The molecule has 1 atom stereocenters. The molecule has 0 aliphatic rings. The lowest BCUT2D eigenvalue weighted by Gasteiger charge is -2.15. The number of aromatic amines is 1. The smallest absolute Gasteiger partial charge is 0.162 e. The molecular formula is C21H23N7. The summed E-state index contributed by atoms with van der Waals surface area (Å²) in [5, 5.41) is 15.1. The molecule has 0 radical (unpaired) electrons. The predicted octanol–water partition coefficient (Wildman–Crippen LogP) is 3.76. The Morgan fingerprint density at radius 2 is 1.79 bits per heavy atom. The first-order valence-corrected chi connectivity index (χ1v) is 9.29. The molecule has 7 heteroatoms. The van der Waals surface area contributed by atoms with E-state index in [2.05, 4.69) is 49.9 Å². The second-order valence-corrected chi connectivity index (χ2v) is 6.71. The second-order valence-electron chi connectivity index (χ2n) is 6.71. The van der Waals surface area contributed by atoms with Gasteiger partial charge in [0, 0.05) is 18.3 Å². The Hall–Kier alpha value is -3.61. The monoisotopic (exact) mass is 373 g/mol. The number of rotatable bonds is 7. The van der Waals surface area contributed by atoms with Crippen molar-refractivity contribution in [3.8, 4) is 0 Å². The van der Waals surface area contributed by atoms with E-state index >= 15 is 0 Å². The highest BCUT2D eigenvalue weighted by atomic mass is 15.2. The summed E-state index contributed by atoms with van der Waals surface area (Å²) in [5.74, 6) is 1.50. The van der Waals surface area contributed by atoms with Crippen molar-refractivity contribution in [3.63, 3.8) is 0 Å². The van der Waals surface area contributed by atoms with Crippen LogP contribution in [0.25, 0.3) is 11.0 Å². The van der Waals surface area contributed by atoms with Crippen molar-refractivity contribution in [2.45, 2.75) is 19.4 Å². The first-order chi connectivity index (χ1) is 13.7. The van der Waals surface area contributed by atoms with E-state index in [4.69, 9.17) is 5.73 Å². The average Bonchev–Trinajstić information content (AvgIpc) is 3.14. The van der Waals surface area contributed by atoms with Gasteiger partial charge in [-0.15, -0.1) is 0 Å². The second kappa shape index (κ2) is 7.96. The molecule has 28 heavy (non-hydrogen) atoms. The third-order valence-corrected chi connectivity index (χ3v) is 4.70. The maximum absolute atomic E-state index is 5.74. The van der Waals surface area contributed by atoms with E-state index in [1.54, 1.807) is 6.33 Å². The van der Waals surface area contributed by atoms with Crippen molar-refractivity contribution in [2.75, 3.05) is 22.9 Å². The van der Waals surface area contributed by atoms with E-state index in [-0.39, 0.29) is 6.04 Å². The molecule has 0 saturated heterocycles. The first kappa shape index (κ1) is 17.8. The molecule has 7 nitrogen and oxygen atoms in total. The Morgan fingerprint density at radius 3 is 2.57 bits per heavy atom. The van der Waals surface area contributed by atoms with E-state index in [1.165, 1.54) is 11.1 Å². The average molecular weight is 373 g/mol. The van der Waals surface area contributed by atoms with Crippen molar-refractivity contribution in [1.29, 1.82) is 0 Å². The SMILES string of the molecule is C[C@H](Nc1ncnc2[nH]nc(NCCc3ccc(N)cc3)c12)c1ccccc1. The van der Waals surface area contributed by atoms with E-state index < -0.39 is 0 Å². The Kier molecular flexibility index (Phi) is 5.05. The third kappa shape index (κ3) is 3.88. The molecule has 2 aromatic heterocycles. The Balaban J connectivity index is 1.50. The lowest BCUT2D eigenvalue weighted by molar-refractivity contribution is 0.876. The summed E-state index contributed by atoms with van der Waals surface area (Å²) in [5.41, 5.74) is 9.62. The minimum atomic E-state index is 0.108. The Morgan fingerprint density at radius 1 is 1.00 bits per heavy atom. The van der Waals surface area contributed by atoms with Gasteiger partial charge >= 0.3 is 0 Å². The van der Waals surface area contributed by atoms with Gasteiger partial charge in [-0.05, 0) is 36.6 Å². The largest absolute Gasteiger partial charge is 0.399 e. The number of fused-ring (bicyclic) bond motifs is 1. The zero-order chi connectivity index (χ0) is 19.3. The number of nitrogen functional groups attached to an aromatic ring is 1. The molecule has 0 bridgehead atoms. The molecule has 2 aromatic carbocycles. The van der Waals surface area contributed by atoms with Crippen LogP contribution < -0.4 is 16.4 Å². The normalized spacial score (nSPS) is 12.0. The lowest BCUT2D eigenvalue weighted by atomic mass is 10.1. The highest BCUT2D eigenvalue weighted by Crippen LogP contribution is 2.28. The fraction of sp³-hybridized carbons (Fsp3) is 0.190. The summed E-state index contributed by atoms with van der Waals surface area (Å²) in [7, 11) is 0. The summed E-state index contributed by atoms with van der Waals surface area (Å²) in [4.78, 5) is 8.74. The zero-order valence-electron chi connectivity index (χ0n) is 15.7. The van der Waals surface area contributed by atoms with Gasteiger partial charge in [0.2, 0.25) is 0 Å². The zero-order valence-corrected chi connectivity index (χ0v) is 15.7. The van der Waals surface area contributed by atoms with Crippen molar-refractivity contribution in [1.82, 2.24) is 20.2 Å². The van der Waals surface area contributed by atoms with Gasteiger partial charge in [0.25, 0.3) is 0 Å². The number of benzene rings is 2. The van der Waals surface area contributed by atoms with Gasteiger partial charge in [0.05, 0.1) is 0 Å². The topological polar surface area (TPSA) is 105 Å². The maximum Gasteiger partial charge on any atom is 0.162 e. The molecule has 5 N–H and O–H groups in total. The fourth-order valence-corrected chi connectivity index (χ4v) is 3.14. The molecule has 0 unspecified atom stereocenters. The van der Waals surface area contributed by atoms with Crippen LogP contribution in [0.5, 0.6) is 0 Å². The van der Waals surface area contributed by atoms with Crippen LogP contribution in [0, 0.1) is 0 Å². The molecule has 0 aliphatic heterocycles. The number of hydrogen-bond acceptors (Lipinski definition) is 6. The van der Waals surface area contributed by atoms with Crippen molar-refractivity contribution in [3.05, 3.63) is 72.1 Å². The van der Waals surface area contributed by atoms with Crippen LogP contribution >= 0.6 is 0 Å². The van der Waals surface area contributed by atoms with Gasteiger partial charge in [-0.2, -0.15) is 5.10 Å².